The van der Waals surface area contributed by atoms with Crippen molar-refractivity contribution in [1.29, 1.82) is 0 Å². The van der Waals surface area contributed by atoms with Crippen LogP contribution in [0.3, 0.4) is 0 Å². The molecule has 0 radical (unpaired) electrons. The maximum Gasteiger partial charge on any atom is 0.340 e. The van der Waals surface area contributed by atoms with Gasteiger partial charge >= 0.3 is 5.97 Å². The highest BCUT2D eigenvalue weighted by Gasteiger charge is 2.17. The van der Waals surface area contributed by atoms with E-state index in [0.717, 1.165) is 0 Å². The minimum atomic E-state index is -1.28. The summed E-state index contributed by atoms with van der Waals surface area (Å²) in [7, 11) is 0. The monoisotopic (exact) mass is 460 g/mol. The highest BCUT2D eigenvalue weighted by molar-refractivity contribution is 9.10. The first-order valence-corrected chi connectivity index (χ1v) is 8.57. The van der Waals surface area contributed by atoms with E-state index in [1.165, 1.54) is 0 Å². The zero-order chi connectivity index (χ0) is 20.0. The Labute approximate surface area is 166 Å². The van der Waals surface area contributed by atoms with Crippen LogP contribution in [0.2, 0.25) is 5.02 Å². The van der Waals surface area contributed by atoms with Gasteiger partial charge in [-0.3, -0.25) is 9.59 Å². The van der Waals surface area contributed by atoms with Crippen LogP contribution in [0.15, 0.2) is 40.9 Å². The van der Waals surface area contributed by atoms with E-state index in [-0.39, 0.29) is 11.6 Å². The summed E-state index contributed by atoms with van der Waals surface area (Å²) in [6.45, 7) is -1.08. The average molecular weight is 462 g/mol. The lowest BCUT2D eigenvalue weighted by atomic mass is 10.2. The number of amides is 2. The number of rotatable bonds is 6. The van der Waals surface area contributed by atoms with Crippen molar-refractivity contribution in [2.75, 3.05) is 18.5 Å². The number of para-hydroxylation sites is 1. The third-order valence-electron chi connectivity index (χ3n) is 3.16. The fourth-order valence-electron chi connectivity index (χ4n) is 1.87. The molecule has 0 unspecified atom stereocenters. The number of esters is 1. The molecule has 0 heterocycles. The summed E-state index contributed by atoms with van der Waals surface area (Å²) in [6.07, 6.45) is 0. The minimum absolute atomic E-state index is 0.355. The maximum absolute atomic E-state index is 13.2. The van der Waals surface area contributed by atoms with Crippen molar-refractivity contribution in [3.05, 3.63) is 63.1 Å². The number of benzene rings is 2. The Kier molecular flexibility index (Phi) is 7.26. The van der Waals surface area contributed by atoms with Crippen LogP contribution in [-0.2, 0) is 14.3 Å². The molecule has 0 fully saturated rings. The lowest BCUT2D eigenvalue weighted by Crippen LogP contribution is -2.35. The van der Waals surface area contributed by atoms with Gasteiger partial charge in [-0.25, -0.2) is 13.6 Å². The molecule has 142 valence electrons. The first-order valence-electron chi connectivity index (χ1n) is 7.40. The van der Waals surface area contributed by atoms with Crippen LogP contribution in [0.4, 0.5) is 14.5 Å². The van der Waals surface area contributed by atoms with Gasteiger partial charge in [0.05, 0.1) is 22.8 Å². The second kappa shape index (κ2) is 9.43. The molecular formula is C17H12BrClF2N2O4. The molecule has 0 aliphatic rings. The summed E-state index contributed by atoms with van der Waals surface area (Å²) >= 11 is 8.90. The summed E-state index contributed by atoms with van der Waals surface area (Å²) in [5.41, 5.74) is 0.103. The van der Waals surface area contributed by atoms with E-state index in [2.05, 4.69) is 31.3 Å². The molecular weight excluding hydrogens is 450 g/mol. The van der Waals surface area contributed by atoms with Gasteiger partial charge in [0.25, 0.3) is 5.91 Å². The summed E-state index contributed by atoms with van der Waals surface area (Å²) in [4.78, 5) is 35.2. The van der Waals surface area contributed by atoms with Gasteiger partial charge in [0.2, 0.25) is 5.91 Å². The summed E-state index contributed by atoms with van der Waals surface area (Å²) in [6, 6.07) is 8.09. The number of anilines is 1. The molecule has 0 aliphatic carbocycles. The molecule has 0 bridgehead atoms. The lowest BCUT2D eigenvalue weighted by Gasteiger charge is -2.09. The topological polar surface area (TPSA) is 84.5 Å². The Morgan fingerprint density at radius 2 is 1.74 bits per heavy atom. The summed E-state index contributed by atoms with van der Waals surface area (Å²) < 4.78 is 31.5. The Balaban J connectivity index is 1.81. The normalized spacial score (nSPS) is 10.2. The van der Waals surface area contributed by atoms with Crippen molar-refractivity contribution >= 4 is 51.0 Å². The van der Waals surface area contributed by atoms with Gasteiger partial charge in [-0.1, -0.05) is 23.7 Å². The van der Waals surface area contributed by atoms with Gasteiger partial charge in [0.1, 0.15) is 0 Å². The number of nitrogens with one attached hydrogen (secondary N) is 2. The van der Waals surface area contributed by atoms with E-state index >= 15 is 0 Å². The van der Waals surface area contributed by atoms with Gasteiger partial charge < -0.3 is 15.4 Å². The van der Waals surface area contributed by atoms with Gasteiger partial charge in [-0.05, 0) is 40.2 Å². The molecule has 0 aliphatic heterocycles. The summed E-state index contributed by atoms with van der Waals surface area (Å²) in [5, 5.41) is 4.47. The van der Waals surface area contributed by atoms with Crippen molar-refractivity contribution in [1.82, 2.24) is 5.32 Å². The Morgan fingerprint density at radius 1 is 1.07 bits per heavy atom. The van der Waals surface area contributed by atoms with Crippen molar-refractivity contribution in [2.24, 2.45) is 0 Å². The third kappa shape index (κ3) is 6.00. The highest BCUT2D eigenvalue weighted by atomic mass is 79.9. The van der Waals surface area contributed by atoms with E-state index in [0.29, 0.717) is 22.3 Å². The van der Waals surface area contributed by atoms with Gasteiger partial charge in [-0.15, -0.1) is 0 Å². The molecule has 2 aromatic carbocycles. The van der Waals surface area contributed by atoms with Crippen LogP contribution in [0.25, 0.3) is 0 Å². The summed E-state index contributed by atoms with van der Waals surface area (Å²) in [5.74, 6) is -4.86. The van der Waals surface area contributed by atoms with Gasteiger partial charge in [0.15, 0.2) is 18.2 Å². The number of carbonyl (C=O) groups is 3. The molecule has 0 spiro atoms. The average Bonchev–Trinajstić information content (AvgIpc) is 2.63. The van der Waals surface area contributed by atoms with Crippen LogP contribution in [0.5, 0.6) is 0 Å². The van der Waals surface area contributed by atoms with E-state index in [1.54, 1.807) is 24.3 Å². The molecule has 0 saturated heterocycles. The molecule has 2 aromatic rings. The highest BCUT2D eigenvalue weighted by Crippen LogP contribution is 2.21. The number of halogens is 4. The first-order chi connectivity index (χ1) is 12.8. The van der Waals surface area contributed by atoms with Crippen LogP contribution >= 0.6 is 27.5 Å². The number of hydrogen-bond acceptors (Lipinski definition) is 4. The standard InChI is InChI=1S/C17H12BrClF2N2O4/c18-10-3-1-2-4-14(10)23-15(24)7-22-16(25)8-27-17(26)9-5-12(20)13(21)6-11(9)19/h1-6H,7-8H2,(H,22,25)(H,23,24). The maximum atomic E-state index is 13.2. The van der Waals surface area contributed by atoms with Gasteiger partial charge in [0, 0.05) is 4.47 Å². The van der Waals surface area contributed by atoms with Crippen molar-refractivity contribution < 1.29 is 27.9 Å². The van der Waals surface area contributed by atoms with Crippen LogP contribution in [-0.4, -0.2) is 30.9 Å². The van der Waals surface area contributed by atoms with E-state index in [1.807, 2.05) is 0 Å². The minimum Gasteiger partial charge on any atom is -0.452 e. The Hall–Kier alpha value is -2.52. The zero-order valence-electron chi connectivity index (χ0n) is 13.5. The van der Waals surface area contributed by atoms with Crippen molar-refractivity contribution in [2.45, 2.75) is 0 Å². The molecule has 6 nitrogen and oxygen atoms in total. The first kappa shape index (κ1) is 20.8. The van der Waals surface area contributed by atoms with Gasteiger partial charge in [-0.2, -0.15) is 0 Å². The molecule has 0 saturated carbocycles. The SMILES string of the molecule is O=C(COC(=O)c1cc(F)c(F)cc1Cl)NCC(=O)Nc1ccccc1Br. The lowest BCUT2D eigenvalue weighted by molar-refractivity contribution is -0.126. The van der Waals surface area contributed by atoms with E-state index in [4.69, 9.17) is 11.6 Å². The number of hydrogen-bond donors (Lipinski definition) is 2. The predicted molar refractivity (Wildman–Crippen MR) is 97.4 cm³/mol. The second-order valence-electron chi connectivity index (χ2n) is 5.13. The van der Waals surface area contributed by atoms with Crippen LogP contribution < -0.4 is 10.6 Å². The van der Waals surface area contributed by atoms with Crippen molar-refractivity contribution in [3.63, 3.8) is 0 Å². The predicted octanol–water partition coefficient (Wildman–Crippen LogP) is 3.29. The second-order valence-corrected chi connectivity index (χ2v) is 6.39. The van der Waals surface area contributed by atoms with Crippen LogP contribution in [0, 0.1) is 11.6 Å². The third-order valence-corrected chi connectivity index (χ3v) is 4.16. The van der Waals surface area contributed by atoms with Crippen LogP contribution in [0.1, 0.15) is 10.4 Å². The van der Waals surface area contributed by atoms with Crippen molar-refractivity contribution in [3.8, 4) is 0 Å². The Bertz CT molecular complexity index is 895. The quantitative estimate of drug-likeness (QED) is 0.511. The molecule has 0 atom stereocenters. The fraction of sp³-hybridized carbons (Fsp3) is 0.118. The molecule has 2 amide bonds. The van der Waals surface area contributed by atoms with E-state index in [9.17, 15) is 23.2 Å². The molecule has 2 N–H and O–H groups in total. The number of carbonyl (C=O) groups excluding carboxylic acids is 3. The smallest absolute Gasteiger partial charge is 0.340 e. The molecule has 10 heteroatoms. The number of ether oxygens (including phenoxy) is 1. The molecule has 2 rings (SSSR count). The Morgan fingerprint density at radius 3 is 2.44 bits per heavy atom. The largest absolute Gasteiger partial charge is 0.452 e. The molecule has 0 aromatic heterocycles. The molecule has 27 heavy (non-hydrogen) atoms. The fourth-order valence-corrected chi connectivity index (χ4v) is 2.49. The van der Waals surface area contributed by atoms with E-state index < -0.39 is 41.6 Å². The zero-order valence-corrected chi connectivity index (χ0v) is 15.9.